The van der Waals surface area contributed by atoms with Crippen molar-refractivity contribution < 1.29 is 26.3 Å². The van der Waals surface area contributed by atoms with Gasteiger partial charge in [0.25, 0.3) is 0 Å². The summed E-state index contributed by atoms with van der Waals surface area (Å²) in [5.41, 5.74) is -2.67. The first-order valence-corrected chi connectivity index (χ1v) is 7.48. The van der Waals surface area contributed by atoms with Gasteiger partial charge in [-0.1, -0.05) is 12.1 Å². The van der Waals surface area contributed by atoms with Gasteiger partial charge in [-0.15, -0.1) is 6.58 Å². The standard InChI is InChI=1S/C16H18F6N2/c1-2-3-14(24-8-6-23-7-9-24)12-5-4-11(15(17,18)19)10-13(12)16(20,21)22/h2,4-5,10,14,23H,1,3,6-9H2/t14-/m0/s1. The summed E-state index contributed by atoms with van der Waals surface area (Å²) < 4.78 is 78.4. The molecule has 134 valence electrons. The van der Waals surface area contributed by atoms with Crippen molar-refractivity contribution in [2.24, 2.45) is 0 Å². The van der Waals surface area contributed by atoms with E-state index in [1.807, 2.05) is 4.90 Å². The first-order chi connectivity index (χ1) is 11.1. The van der Waals surface area contributed by atoms with Crippen LogP contribution >= 0.6 is 0 Å². The second-order valence-corrected chi connectivity index (χ2v) is 5.62. The summed E-state index contributed by atoms with van der Waals surface area (Å²) in [5.74, 6) is 0. The number of nitrogens with one attached hydrogen (secondary N) is 1. The molecule has 0 amide bonds. The van der Waals surface area contributed by atoms with Crippen molar-refractivity contribution in [2.75, 3.05) is 26.2 Å². The Balaban J connectivity index is 2.50. The minimum Gasteiger partial charge on any atom is -0.314 e. The van der Waals surface area contributed by atoms with E-state index in [1.54, 1.807) is 0 Å². The van der Waals surface area contributed by atoms with Crippen LogP contribution in [0.1, 0.15) is 29.2 Å². The smallest absolute Gasteiger partial charge is 0.314 e. The molecule has 2 nitrogen and oxygen atoms in total. The number of piperazine rings is 1. The predicted octanol–water partition coefficient (Wildman–Crippen LogP) is 4.25. The average molecular weight is 352 g/mol. The molecular formula is C16H18F6N2. The Morgan fingerprint density at radius 1 is 1.08 bits per heavy atom. The van der Waals surface area contributed by atoms with E-state index in [0.717, 1.165) is 6.07 Å². The van der Waals surface area contributed by atoms with Crippen LogP contribution in [0.5, 0.6) is 0 Å². The minimum atomic E-state index is -4.86. The van der Waals surface area contributed by atoms with Gasteiger partial charge in [-0.3, -0.25) is 4.90 Å². The molecule has 2 rings (SSSR count). The van der Waals surface area contributed by atoms with Gasteiger partial charge in [0.05, 0.1) is 11.1 Å². The van der Waals surface area contributed by atoms with Crippen molar-refractivity contribution in [3.05, 3.63) is 47.5 Å². The highest BCUT2D eigenvalue weighted by Crippen LogP contribution is 2.41. The molecule has 1 N–H and O–H groups in total. The van der Waals surface area contributed by atoms with Gasteiger partial charge in [-0.25, -0.2) is 0 Å². The Morgan fingerprint density at radius 3 is 2.21 bits per heavy atom. The van der Waals surface area contributed by atoms with E-state index in [0.29, 0.717) is 32.2 Å². The normalized spacial score (nSPS) is 18.4. The zero-order valence-electron chi connectivity index (χ0n) is 12.8. The predicted molar refractivity (Wildman–Crippen MR) is 78.4 cm³/mol. The largest absolute Gasteiger partial charge is 0.416 e. The first-order valence-electron chi connectivity index (χ1n) is 7.48. The fourth-order valence-electron chi connectivity index (χ4n) is 2.89. The number of rotatable bonds is 4. The molecule has 0 spiro atoms. The molecular weight excluding hydrogens is 334 g/mol. The van der Waals surface area contributed by atoms with Crippen molar-refractivity contribution in [1.82, 2.24) is 10.2 Å². The summed E-state index contributed by atoms with van der Waals surface area (Å²) >= 11 is 0. The van der Waals surface area contributed by atoms with E-state index in [4.69, 9.17) is 0 Å². The molecule has 1 fully saturated rings. The molecule has 24 heavy (non-hydrogen) atoms. The van der Waals surface area contributed by atoms with Crippen LogP contribution < -0.4 is 5.32 Å². The second-order valence-electron chi connectivity index (χ2n) is 5.62. The monoisotopic (exact) mass is 352 g/mol. The van der Waals surface area contributed by atoms with Crippen LogP contribution in [0.3, 0.4) is 0 Å². The molecule has 1 aliphatic heterocycles. The fraction of sp³-hybridized carbons (Fsp3) is 0.500. The summed E-state index contributed by atoms with van der Waals surface area (Å²) in [6.45, 7) is 5.86. The Morgan fingerprint density at radius 2 is 1.71 bits per heavy atom. The van der Waals surface area contributed by atoms with Gasteiger partial charge in [0.2, 0.25) is 0 Å². The van der Waals surface area contributed by atoms with Gasteiger partial charge in [0, 0.05) is 32.2 Å². The van der Waals surface area contributed by atoms with E-state index in [9.17, 15) is 26.3 Å². The molecule has 0 aromatic heterocycles. The first kappa shape index (κ1) is 18.8. The highest BCUT2D eigenvalue weighted by molar-refractivity contribution is 5.38. The van der Waals surface area contributed by atoms with Crippen molar-refractivity contribution in [1.29, 1.82) is 0 Å². The molecule has 1 aliphatic rings. The maximum Gasteiger partial charge on any atom is 0.416 e. The molecule has 0 aliphatic carbocycles. The molecule has 1 aromatic carbocycles. The van der Waals surface area contributed by atoms with Crippen molar-refractivity contribution in [3.63, 3.8) is 0 Å². The third-order valence-corrected chi connectivity index (χ3v) is 4.03. The maximum atomic E-state index is 13.4. The lowest BCUT2D eigenvalue weighted by molar-refractivity contribution is -0.143. The Bertz CT molecular complexity index is 573. The van der Waals surface area contributed by atoms with Crippen LogP contribution in [-0.2, 0) is 12.4 Å². The molecule has 1 aromatic rings. The van der Waals surface area contributed by atoms with Crippen molar-refractivity contribution in [3.8, 4) is 0 Å². The molecule has 0 radical (unpaired) electrons. The number of halogens is 6. The van der Waals surface area contributed by atoms with Gasteiger partial charge in [0.15, 0.2) is 0 Å². The van der Waals surface area contributed by atoms with Gasteiger partial charge in [-0.05, 0) is 24.1 Å². The number of hydrogen-bond acceptors (Lipinski definition) is 2. The molecule has 0 saturated carbocycles. The van der Waals surface area contributed by atoms with Crippen LogP contribution in [0.15, 0.2) is 30.9 Å². The third kappa shape index (κ3) is 4.30. The summed E-state index contributed by atoms with van der Waals surface area (Å²) in [6.07, 6.45) is -7.95. The number of alkyl halides is 6. The van der Waals surface area contributed by atoms with Crippen LogP contribution in [0.2, 0.25) is 0 Å². The summed E-state index contributed by atoms with van der Waals surface area (Å²) in [4.78, 5) is 1.84. The Labute approximate surface area is 136 Å². The zero-order chi connectivity index (χ0) is 18.0. The average Bonchev–Trinajstić information content (AvgIpc) is 2.51. The summed E-state index contributed by atoms with van der Waals surface area (Å²) in [6, 6.07) is 1.21. The topological polar surface area (TPSA) is 15.3 Å². The summed E-state index contributed by atoms with van der Waals surface area (Å²) in [5, 5.41) is 3.10. The Hall–Kier alpha value is -1.54. The molecule has 0 unspecified atom stereocenters. The highest BCUT2D eigenvalue weighted by atomic mass is 19.4. The van der Waals surface area contributed by atoms with Crippen LogP contribution in [-0.4, -0.2) is 31.1 Å². The molecule has 1 atom stereocenters. The van der Waals surface area contributed by atoms with Crippen LogP contribution in [0.4, 0.5) is 26.3 Å². The SMILES string of the molecule is C=CC[C@@H](c1ccc(C(F)(F)F)cc1C(F)(F)F)N1CCNCC1. The maximum absolute atomic E-state index is 13.4. The van der Waals surface area contributed by atoms with Gasteiger partial charge in [0.1, 0.15) is 0 Å². The number of benzene rings is 1. The third-order valence-electron chi connectivity index (χ3n) is 4.03. The van der Waals surface area contributed by atoms with Crippen LogP contribution in [0.25, 0.3) is 0 Å². The molecule has 1 saturated heterocycles. The van der Waals surface area contributed by atoms with Crippen molar-refractivity contribution >= 4 is 0 Å². The van der Waals surface area contributed by atoms with Gasteiger partial charge < -0.3 is 5.32 Å². The lowest BCUT2D eigenvalue weighted by atomic mass is 9.93. The molecule has 8 heteroatoms. The van der Waals surface area contributed by atoms with E-state index in [2.05, 4.69) is 11.9 Å². The zero-order valence-corrected chi connectivity index (χ0v) is 12.8. The van der Waals surface area contributed by atoms with E-state index >= 15 is 0 Å². The van der Waals surface area contributed by atoms with Gasteiger partial charge in [-0.2, -0.15) is 26.3 Å². The highest BCUT2D eigenvalue weighted by Gasteiger charge is 2.40. The number of nitrogens with zero attached hydrogens (tertiary/aromatic N) is 1. The minimum absolute atomic E-state index is 0.141. The quantitative estimate of drug-likeness (QED) is 0.644. The molecule has 1 heterocycles. The van der Waals surface area contributed by atoms with E-state index in [-0.39, 0.29) is 18.1 Å². The second kappa shape index (κ2) is 7.14. The fourth-order valence-corrected chi connectivity index (χ4v) is 2.89. The van der Waals surface area contributed by atoms with Crippen molar-refractivity contribution in [2.45, 2.75) is 24.8 Å². The molecule has 0 bridgehead atoms. The van der Waals surface area contributed by atoms with E-state index in [1.165, 1.54) is 6.08 Å². The number of hydrogen-bond donors (Lipinski definition) is 1. The van der Waals surface area contributed by atoms with Crippen LogP contribution in [0, 0.1) is 0 Å². The Kier molecular flexibility index (Phi) is 5.59. The van der Waals surface area contributed by atoms with E-state index < -0.39 is 29.5 Å². The van der Waals surface area contributed by atoms with Gasteiger partial charge >= 0.3 is 12.4 Å². The lowest BCUT2D eigenvalue weighted by Gasteiger charge is -2.36. The lowest BCUT2D eigenvalue weighted by Crippen LogP contribution is -2.45. The summed E-state index contributed by atoms with van der Waals surface area (Å²) in [7, 11) is 0.